The summed E-state index contributed by atoms with van der Waals surface area (Å²) >= 11 is 0. The molecule has 0 amide bonds. The molecule has 92 valence electrons. The summed E-state index contributed by atoms with van der Waals surface area (Å²) in [6.07, 6.45) is 5.58. The number of benzene rings is 2. The van der Waals surface area contributed by atoms with E-state index in [2.05, 4.69) is 74.5 Å². The second-order valence-electron chi connectivity index (χ2n) is 4.61. The topological polar surface area (TPSA) is 0 Å². The number of rotatable bonds is 4. The molecule has 0 aliphatic carbocycles. The molecule has 0 bridgehead atoms. The maximum absolute atomic E-state index is 2.28. The molecule has 0 aromatic heterocycles. The number of allylic oxidation sites excluding steroid dienone is 1. The summed E-state index contributed by atoms with van der Waals surface area (Å²) in [5.41, 5.74) is 4.15. The van der Waals surface area contributed by atoms with E-state index in [1.807, 2.05) is 6.07 Å². The van der Waals surface area contributed by atoms with Gasteiger partial charge in [-0.25, -0.2) is 0 Å². The molecule has 1 atom stereocenters. The Morgan fingerprint density at radius 3 is 2.33 bits per heavy atom. The normalized spacial score (nSPS) is 12.8. The van der Waals surface area contributed by atoms with Crippen molar-refractivity contribution in [3.05, 3.63) is 77.4 Å². The molecule has 1 unspecified atom stereocenters. The van der Waals surface area contributed by atoms with Gasteiger partial charge in [0.2, 0.25) is 0 Å². The largest absolute Gasteiger partial charge is 0.0767 e. The van der Waals surface area contributed by atoms with Crippen molar-refractivity contribution in [2.75, 3.05) is 0 Å². The fourth-order valence-electron chi connectivity index (χ4n) is 2.22. The SMILES string of the molecule is CCc1ccccc1C(C)/C=C/c1ccccc1. The van der Waals surface area contributed by atoms with Gasteiger partial charge in [0.05, 0.1) is 0 Å². The standard InChI is InChI=1S/C18H20/c1-3-17-11-7-8-12-18(17)15(2)13-14-16-9-5-4-6-10-16/h4-15H,3H2,1-2H3/b14-13+. The molecule has 0 aliphatic rings. The van der Waals surface area contributed by atoms with Crippen LogP contribution in [0.25, 0.3) is 6.08 Å². The summed E-state index contributed by atoms with van der Waals surface area (Å²) < 4.78 is 0. The van der Waals surface area contributed by atoms with Crippen molar-refractivity contribution in [1.29, 1.82) is 0 Å². The van der Waals surface area contributed by atoms with Gasteiger partial charge in [0.15, 0.2) is 0 Å². The van der Waals surface area contributed by atoms with E-state index in [0.717, 1.165) is 6.42 Å². The lowest BCUT2D eigenvalue weighted by atomic mass is 9.93. The third-order valence-corrected chi connectivity index (χ3v) is 3.30. The third-order valence-electron chi connectivity index (χ3n) is 3.30. The molecule has 0 nitrogen and oxygen atoms in total. The van der Waals surface area contributed by atoms with Gasteiger partial charge in [-0.2, -0.15) is 0 Å². The van der Waals surface area contributed by atoms with Crippen LogP contribution in [-0.2, 0) is 6.42 Å². The molecule has 0 heteroatoms. The quantitative estimate of drug-likeness (QED) is 0.695. The summed E-state index contributed by atoms with van der Waals surface area (Å²) in [6, 6.07) is 19.2. The Bertz CT molecular complexity index is 509. The molecule has 0 heterocycles. The van der Waals surface area contributed by atoms with E-state index in [0.29, 0.717) is 5.92 Å². The lowest BCUT2D eigenvalue weighted by molar-refractivity contribution is 0.932. The predicted molar refractivity (Wildman–Crippen MR) is 79.7 cm³/mol. The first-order valence-electron chi connectivity index (χ1n) is 6.62. The first-order chi connectivity index (χ1) is 8.81. The average Bonchev–Trinajstić information content (AvgIpc) is 2.45. The van der Waals surface area contributed by atoms with E-state index >= 15 is 0 Å². The van der Waals surface area contributed by atoms with Crippen molar-refractivity contribution < 1.29 is 0 Å². The minimum Gasteiger partial charge on any atom is -0.0767 e. The van der Waals surface area contributed by atoms with Gasteiger partial charge in [-0.1, -0.05) is 80.6 Å². The Hall–Kier alpha value is -1.82. The van der Waals surface area contributed by atoms with E-state index in [9.17, 15) is 0 Å². The van der Waals surface area contributed by atoms with Crippen molar-refractivity contribution in [2.24, 2.45) is 0 Å². The Morgan fingerprint density at radius 2 is 1.61 bits per heavy atom. The molecule has 0 spiro atoms. The molecule has 0 saturated heterocycles. The maximum atomic E-state index is 2.28. The number of hydrogen-bond acceptors (Lipinski definition) is 0. The van der Waals surface area contributed by atoms with Crippen LogP contribution in [0.3, 0.4) is 0 Å². The van der Waals surface area contributed by atoms with Crippen LogP contribution < -0.4 is 0 Å². The molecule has 2 rings (SSSR count). The first-order valence-corrected chi connectivity index (χ1v) is 6.62. The van der Waals surface area contributed by atoms with E-state index < -0.39 is 0 Å². The summed E-state index contributed by atoms with van der Waals surface area (Å²) in [7, 11) is 0. The number of hydrogen-bond donors (Lipinski definition) is 0. The lowest BCUT2D eigenvalue weighted by Gasteiger charge is -2.11. The van der Waals surface area contributed by atoms with Crippen LogP contribution >= 0.6 is 0 Å². The second kappa shape index (κ2) is 6.20. The minimum atomic E-state index is 0.460. The van der Waals surface area contributed by atoms with E-state index in [1.165, 1.54) is 16.7 Å². The fourth-order valence-corrected chi connectivity index (χ4v) is 2.22. The molecule has 18 heavy (non-hydrogen) atoms. The van der Waals surface area contributed by atoms with Gasteiger partial charge < -0.3 is 0 Å². The highest BCUT2D eigenvalue weighted by atomic mass is 14.1. The molecule has 2 aromatic carbocycles. The summed E-state index contributed by atoms with van der Waals surface area (Å²) in [4.78, 5) is 0. The summed E-state index contributed by atoms with van der Waals surface area (Å²) in [6.45, 7) is 4.47. The van der Waals surface area contributed by atoms with Crippen LogP contribution in [0.5, 0.6) is 0 Å². The van der Waals surface area contributed by atoms with Crippen molar-refractivity contribution in [3.63, 3.8) is 0 Å². The highest BCUT2D eigenvalue weighted by molar-refractivity contribution is 5.50. The highest BCUT2D eigenvalue weighted by Gasteiger charge is 2.05. The van der Waals surface area contributed by atoms with Crippen molar-refractivity contribution in [2.45, 2.75) is 26.2 Å². The highest BCUT2D eigenvalue weighted by Crippen LogP contribution is 2.22. The lowest BCUT2D eigenvalue weighted by Crippen LogP contribution is -1.95. The minimum absolute atomic E-state index is 0.460. The Morgan fingerprint density at radius 1 is 0.944 bits per heavy atom. The van der Waals surface area contributed by atoms with Crippen molar-refractivity contribution >= 4 is 6.08 Å². The van der Waals surface area contributed by atoms with Gasteiger partial charge in [0.25, 0.3) is 0 Å². The van der Waals surface area contributed by atoms with Gasteiger partial charge in [-0.15, -0.1) is 0 Å². The average molecular weight is 236 g/mol. The van der Waals surface area contributed by atoms with Crippen LogP contribution in [0.15, 0.2) is 60.7 Å². The Kier molecular flexibility index (Phi) is 4.35. The summed E-state index contributed by atoms with van der Waals surface area (Å²) in [5, 5.41) is 0. The Labute approximate surface area is 110 Å². The Balaban J connectivity index is 2.17. The zero-order chi connectivity index (χ0) is 12.8. The van der Waals surface area contributed by atoms with Crippen LogP contribution in [-0.4, -0.2) is 0 Å². The molecule has 2 aromatic rings. The van der Waals surface area contributed by atoms with Gasteiger partial charge in [-0.3, -0.25) is 0 Å². The van der Waals surface area contributed by atoms with Gasteiger partial charge in [0, 0.05) is 0 Å². The van der Waals surface area contributed by atoms with Crippen molar-refractivity contribution in [3.8, 4) is 0 Å². The fraction of sp³-hybridized carbons (Fsp3) is 0.222. The molecule has 0 N–H and O–H groups in total. The van der Waals surface area contributed by atoms with E-state index in [1.54, 1.807) is 0 Å². The van der Waals surface area contributed by atoms with E-state index in [4.69, 9.17) is 0 Å². The molecular weight excluding hydrogens is 216 g/mol. The molecule has 0 saturated carbocycles. The number of aryl methyl sites for hydroxylation is 1. The van der Waals surface area contributed by atoms with E-state index in [-0.39, 0.29) is 0 Å². The zero-order valence-electron chi connectivity index (χ0n) is 11.1. The van der Waals surface area contributed by atoms with Gasteiger partial charge in [0.1, 0.15) is 0 Å². The van der Waals surface area contributed by atoms with Crippen LogP contribution in [0.1, 0.15) is 36.5 Å². The molecular formula is C18H20. The van der Waals surface area contributed by atoms with Gasteiger partial charge in [-0.05, 0) is 29.0 Å². The molecule has 0 aliphatic heterocycles. The smallest absolute Gasteiger partial charge is 0.000438 e. The third kappa shape index (κ3) is 3.10. The monoisotopic (exact) mass is 236 g/mol. The second-order valence-corrected chi connectivity index (χ2v) is 4.61. The first kappa shape index (κ1) is 12.6. The van der Waals surface area contributed by atoms with Gasteiger partial charge >= 0.3 is 0 Å². The molecule has 0 radical (unpaired) electrons. The van der Waals surface area contributed by atoms with Crippen LogP contribution in [0, 0.1) is 0 Å². The van der Waals surface area contributed by atoms with Crippen LogP contribution in [0.4, 0.5) is 0 Å². The maximum Gasteiger partial charge on any atom is -0.000438 e. The predicted octanol–water partition coefficient (Wildman–Crippen LogP) is 5.07. The van der Waals surface area contributed by atoms with Crippen molar-refractivity contribution in [1.82, 2.24) is 0 Å². The zero-order valence-corrected chi connectivity index (χ0v) is 11.1. The van der Waals surface area contributed by atoms with Crippen LogP contribution in [0.2, 0.25) is 0 Å². The summed E-state index contributed by atoms with van der Waals surface area (Å²) in [5.74, 6) is 0.460. The molecule has 0 fully saturated rings.